The second-order valence-electron chi connectivity index (χ2n) is 6.98. The Hall–Kier alpha value is -1.67. The monoisotopic (exact) mass is 434 g/mol. The average molecular weight is 435 g/mol. The molecule has 2 aromatic heterocycles. The molecule has 28 heavy (non-hydrogen) atoms. The molecular formula is C20H21ClN3O2S2+. The number of quaternary nitrogens is 1. The molecule has 1 N–H and O–H groups in total. The predicted octanol–water partition coefficient (Wildman–Crippen LogP) is 2.68. The highest BCUT2D eigenvalue weighted by Crippen LogP contribution is 2.31. The van der Waals surface area contributed by atoms with Gasteiger partial charge in [0.25, 0.3) is 5.56 Å². The molecule has 4 rings (SSSR count). The molecule has 0 saturated carbocycles. The zero-order chi connectivity index (χ0) is 19.8. The Labute approximate surface area is 176 Å². The van der Waals surface area contributed by atoms with Crippen LogP contribution < -0.4 is 10.5 Å². The highest BCUT2D eigenvalue weighted by atomic mass is 35.5. The molecule has 1 unspecified atom stereocenters. The summed E-state index contributed by atoms with van der Waals surface area (Å²) in [6.07, 6.45) is 0.920. The molecule has 1 aromatic carbocycles. The maximum Gasteiger partial charge on any atom is 0.263 e. The van der Waals surface area contributed by atoms with Gasteiger partial charge in [-0.25, -0.2) is 4.98 Å². The molecule has 0 bridgehead atoms. The third-order valence-corrected chi connectivity index (χ3v) is 7.39. The van der Waals surface area contributed by atoms with Crippen LogP contribution in [0.1, 0.15) is 27.7 Å². The van der Waals surface area contributed by atoms with Crippen molar-refractivity contribution in [2.75, 3.05) is 19.3 Å². The summed E-state index contributed by atoms with van der Waals surface area (Å²) in [5.74, 6) is 0.228. The number of thiophene rings is 1. The average Bonchev–Trinajstić information content (AvgIpc) is 3.04. The molecule has 0 amide bonds. The van der Waals surface area contributed by atoms with Crippen molar-refractivity contribution < 1.29 is 9.69 Å². The van der Waals surface area contributed by atoms with Crippen molar-refractivity contribution in [1.82, 2.24) is 9.55 Å². The van der Waals surface area contributed by atoms with Gasteiger partial charge in [0, 0.05) is 23.6 Å². The van der Waals surface area contributed by atoms with Gasteiger partial charge in [-0.05, 0) is 36.8 Å². The number of carbonyl (C=O) groups excluding carboxylic acids is 1. The first-order valence-corrected chi connectivity index (χ1v) is 11.4. The lowest BCUT2D eigenvalue weighted by Crippen LogP contribution is -3.08. The van der Waals surface area contributed by atoms with Gasteiger partial charge in [0.2, 0.25) is 0 Å². The normalized spacial score (nSPS) is 16.3. The van der Waals surface area contributed by atoms with Gasteiger partial charge in [-0.15, -0.1) is 11.3 Å². The van der Waals surface area contributed by atoms with Crippen molar-refractivity contribution in [3.05, 3.63) is 55.6 Å². The van der Waals surface area contributed by atoms with Crippen molar-refractivity contribution in [1.29, 1.82) is 0 Å². The molecule has 0 saturated heterocycles. The largest absolute Gasteiger partial charge is 0.333 e. The van der Waals surface area contributed by atoms with Crippen LogP contribution >= 0.6 is 34.7 Å². The second kappa shape index (κ2) is 7.99. The molecule has 1 aliphatic heterocycles. The van der Waals surface area contributed by atoms with Crippen molar-refractivity contribution in [3.63, 3.8) is 0 Å². The standard InChI is InChI=1S/C20H20ClN3O2S2/c1-3-24-19(26)17-14-8-9-23(2)10-16(14)28-18(17)22-20(24)27-11-15(25)12-4-6-13(21)7-5-12/h4-7H,3,8-11H2,1-2H3/p+1. The lowest BCUT2D eigenvalue weighted by molar-refractivity contribution is -0.895. The minimum Gasteiger partial charge on any atom is -0.333 e. The third kappa shape index (κ3) is 3.64. The van der Waals surface area contributed by atoms with Crippen molar-refractivity contribution in [2.45, 2.75) is 31.6 Å². The number of nitrogens with one attached hydrogen (secondary N) is 1. The number of benzene rings is 1. The number of aromatic nitrogens is 2. The molecule has 0 aliphatic carbocycles. The Kier molecular flexibility index (Phi) is 5.60. The van der Waals surface area contributed by atoms with Gasteiger partial charge in [-0.3, -0.25) is 14.2 Å². The van der Waals surface area contributed by atoms with E-state index >= 15 is 0 Å². The summed E-state index contributed by atoms with van der Waals surface area (Å²) < 4.78 is 1.69. The number of fused-ring (bicyclic) bond motifs is 3. The van der Waals surface area contributed by atoms with E-state index < -0.39 is 0 Å². The Morgan fingerprint density at radius 2 is 2.11 bits per heavy atom. The summed E-state index contributed by atoms with van der Waals surface area (Å²) in [5.41, 5.74) is 1.81. The maximum absolute atomic E-state index is 13.2. The molecule has 1 aliphatic rings. The molecule has 3 heterocycles. The predicted molar refractivity (Wildman–Crippen MR) is 115 cm³/mol. The Morgan fingerprint density at radius 1 is 1.36 bits per heavy atom. The van der Waals surface area contributed by atoms with Crippen LogP contribution in [0.15, 0.2) is 34.2 Å². The van der Waals surface area contributed by atoms with E-state index in [2.05, 4.69) is 7.05 Å². The van der Waals surface area contributed by atoms with Crippen molar-refractivity contribution in [3.8, 4) is 0 Å². The van der Waals surface area contributed by atoms with Crippen LogP contribution in [-0.4, -0.2) is 34.7 Å². The number of hydrogen-bond acceptors (Lipinski definition) is 5. The van der Waals surface area contributed by atoms with E-state index in [1.807, 2.05) is 6.92 Å². The van der Waals surface area contributed by atoms with Crippen molar-refractivity contribution in [2.24, 2.45) is 0 Å². The first-order chi connectivity index (χ1) is 13.5. The van der Waals surface area contributed by atoms with E-state index in [0.29, 0.717) is 22.3 Å². The number of rotatable bonds is 5. The minimum atomic E-state index is -0.00522. The van der Waals surface area contributed by atoms with E-state index in [-0.39, 0.29) is 17.1 Å². The number of halogens is 1. The fraction of sp³-hybridized carbons (Fsp3) is 0.350. The van der Waals surface area contributed by atoms with Crippen LogP contribution in [0.25, 0.3) is 10.2 Å². The zero-order valence-electron chi connectivity index (χ0n) is 15.8. The summed E-state index contributed by atoms with van der Waals surface area (Å²) in [5, 5.41) is 2.00. The van der Waals surface area contributed by atoms with Crippen LogP contribution in [0.5, 0.6) is 0 Å². The van der Waals surface area contributed by atoms with Crippen LogP contribution in [0.3, 0.4) is 0 Å². The lowest BCUT2D eigenvalue weighted by atomic mass is 10.1. The number of Topliss-reactive ketones (excluding diaryl/α,β-unsaturated/α-hetero) is 1. The van der Waals surface area contributed by atoms with E-state index in [4.69, 9.17) is 16.6 Å². The Bertz CT molecular complexity index is 1110. The van der Waals surface area contributed by atoms with Gasteiger partial charge in [-0.2, -0.15) is 0 Å². The third-order valence-electron chi connectivity index (χ3n) is 5.04. The Balaban J connectivity index is 1.66. The molecule has 3 aromatic rings. The number of thioether (sulfide) groups is 1. The van der Waals surface area contributed by atoms with E-state index in [1.54, 1.807) is 40.2 Å². The van der Waals surface area contributed by atoms with E-state index in [9.17, 15) is 9.59 Å². The van der Waals surface area contributed by atoms with Crippen LogP contribution in [0.4, 0.5) is 0 Å². The molecule has 0 spiro atoms. The fourth-order valence-corrected chi connectivity index (χ4v) is 5.97. The number of likely N-dealkylation sites (N-methyl/N-ethyl adjacent to an activating group) is 1. The van der Waals surface area contributed by atoms with Gasteiger partial charge in [0.15, 0.2) is 10.9 Å². The zero-order valence-corrected chi connectivity index (χ0v) is 18.1. The molecule has 5 nitrogen and oxygen atoms in total. The second-order valence-corrected chi connectivity index (χ2v) is 9.44. The van der Waals surface area contributed by atoms with Crippen LogP contribution in [-0.2, 0) is 19.5 Å². The fourth-order valence-electron chi connectivity index (χ4n) is 3.51. The minimum absolute atomic E-state index is 0.00522. The van der Waals surface area contributed by atoms with Gasteiger partial charge >= 0.3 is 0 Å². The molecule has 0 radical (unpaired) electrons. The smallest absolute Gasteiger partial charge is 0.263 e. The topological polar surface area (TPSA) is 56.4 Å². The van der Waals surface area contributed by atoms with Crippen LogP contribution in [0.2, 0.25) is 5.02 Å². The number of ketones is 1. The molecule has 0 fully saturated rings. The summed E-state index contributed by atoms with van der Waals surface area (Å²) in [6.45, 7) is 4.46. The summed E-state index contributed by atoms with van der Waals surface area (Å²) in [4.78, 5) is 34.0. The van der Waals surface area contributed by atoms with E-state index in [0.717, 1.165) is 29.7 Å². The summed E-state index contributed by atoms with van der Waals surface area (Å²) in [7, 11) is 2.18. The van der Waals surface area contributed by atoms with Gasteiger partial charge in [0.05, 0.1) is 29.6 Å². The highest BCUT2D eigenvalue weighted by molar-refractivity contribution is 7.99. The van der Waals surface area contributed by atoms with Crippen molar-refractivity contribution >= 4 is 50.7 Å². The molecule has 146 valence electrons. The molecule has 8 heteroatoms. The highest BCUT2D eigenvalue weighted by Gasteiger charge is 2.25. The first-order valence-electron chi connectivity index (χ1n) is 9.26. The van der Waals surface area contributed by atoms with E-state index in [1.165, 1.54) is 27.1 Å². The van der Waals surface area contributed by atoms with Gasteiger partial charge in [-0.1, -0.05) is 23.4 Å². The molecular weight excluding hydrogens is 414 g/mol. The van der Waals surface area contributed by atoms with Gasteiger partial charge < -0.3 is 4.90 Å². The quantitative estimate of drug-likeness (QED) is 0.381. The molecule has 1 atom stereocenters. The number of carbonyl (C=O) groups is 1. The maximum atomic E-state index is 13.2. The number of nitrogens with zero attached hydrogens (tertiary/aromatic N) is 2. The number of hydrogen-bond donors (Lipinski definition) is 1. The summed E-state index contributed by atoms with van der Waals surface area (Å²) >= 11 is 8.84. The summed E-state index contributed by atoms with van der Waals surface area (Å²) in [6, 6.07) is 6.86. The van der Waals surface area contributed by atoms with Crippen LogP contribution in [0, 0.1) is 0 Å². The lowest BCUT2D eigenvalue weighted by Gasteiger charge is -2.19. The SMILES string of the molecule is CCn1c(SCC(=O)c2ccc(Cl)cc2)nc2sc3c(c2c1=O)CC[NH+](C)C3. The Morgan fingerprint density at radius 3 is 2.82 bits per heavy atom. The first kappa shape index (κ1) is 19.6. The van der Waals surface area contributed by atoms with Gasteiger partial charge in [0.1, 0.15) is 11.4 Å².